The number of fused-ring (bicyclic) bond motifs is 1. The Morgan fingerprint density at radius 1 is 1.14 bits per heavy atom. The highest BCUT2D eigenvalue weighted by Crippen LogP contribution is 2.28. The van der Waals surface area contributed by atoms with Crippen molar-refractivity contribution >= 4 is 17.4 Å². The average molecular weight is 386 g/mol. The van der Waals surface area contributed by atoms with Crippen molar-refractivity contribution in [3.05, 3.63) is 18.0 Å². The van der Waals surface area contributed by atoms with Gasteiger partial charge < -0.3 is 14.7 Å². The molecule has 2 aliphatic rings. The van der Waals surface area contributed by atoms with Gasteiger partial charge in [0, 0.05) is 46.6 Å². The lowest BCUT2D eigenvalue weighted by Crippen LogP contribution is -2.44. The summed E-state index contributed by atoms with van der Waals surface area (Å²) < 4.78 is 1.92. The topological polar surface area (TPSA) is 69.9 Å². The molecule has 0 N–H and O–H groups in total. The number of aromatic nitrogens is 4. The molecule has 1 unspecified atom stereocenters. The number of nitrogens with zero attached hydrogens (tertiary/aromatic N) is 7. The molecular weight excluding hydrogens is 354 g/mol. The minimum absolute atomic E-state index is 0.215. The summed E-state index contributed by atoms with van der Waals surface area (Å²) in [6.07, 6.45) is 4.53. The van der Waals surface area contributed by atoms with Crippen molar-refractivity contribution in [3.63, 3.8) is 0 Å². The van der Waals surface area contributed by atoms with E-state index in [1.54, 1.807) is 6.92 Å². The Bertz CT molecular complexity index is 825. The predicted octanol–water partition coefficient (Wildman–Crippen LogP) is 1.63. The van der Waals surface area contributed by atoms with Crippen LogP contribution in [0, 0.1) is 5.92 Å². The number of rotatable bonds is 4. The zero-order valence-electron chi connectivity index (χ0n) is 17.2. The number of carbonyl (C=O) groups is 1. The molecule has 2 saturated heterocycles. The van der Waals surface area contributed by atoms with Crippen LogP contribution in [-0.4, -0.2) is 82.3 Å². The van der Waals surface area contributed by atoms with E-state index in [-0.39, 0.29) is 5.91 Å². The van der Waals surface area contributed by atoms with E-state index in [4.69, 9.17) is 5.10 Å². The highest BCUT2D eigenvalue weighted by molar-refractivity contribution is 5.73. The molecule has 152 valence electrons. The third-order valence-electron chi connectivity index (χ3n) is 6.16. The lowest BCUT2D eigenvalue weighted by Gasteiger charge is -2.37. The lowest BCUT2D eigenvalue weighted by molar-refractivity contribution is -0.130. The van der Waals surface area contributed by atoms with E-state index < -0.39 is 0 Å². The fraction of sp³-hybridized carbons (Fsp3) is 0.700. The van der Waals surface area contributed by atoms with Gasteiger partial charge in [0.25, 0.3) is 0 Å². The Hall–Kier alpha value is -2.22. The molecule has 1 amide bonds. The minimum Gasteiger partial charge on any atom is -0.361 e. The molecular formula is C20H31N7O. The molecule has 0 radical (unpaired) electrons. The number of hydrogen-bond donors (Lipinski definition) is 0. The summed E-state index contributed by atoms with van der Waals surface area (Å²) in [7, 11) is 3.99. The number of carbonyl (C=O) groups excluding carboxylic acids is 1. The van der Waals surface area contributed by atoms with Gasteiger partial charge in [-0.3, -0.25) is 4.79 Å². The van der Waals surface area contributed by atoms with Crippen LogP contribution in [0.1, 0.15) is 44.3 Å². The first-order valence-electron chi connectivity index (χ1n) is 10.4. The molecule has 4 rings (SSSR count). The van der Waals surface area contributed by atoms with Crippen molar-refractivity contribution in [1.29, 1.82) is 0 Å². The summed E-state index contributed by atoms with van der Waals surface area (Å²) >= 11 is 0. The first-order chi connectivity index (χ1) is 13.5. The van der Waals surface area contributed by atoms with Crippen LogP contribution in [0.2, 0.25) is 0 Å². The van der Waals surface area contributed by atoms with Gasteiger partial charge in [0.1, 0.15) is 5.82 Å². The molecule has 28 heavy (non-hydrogen) atoms. The quantitative estimate of drug-likeness (QED) is 0.797. The molecule has 0 bridgehead atoms. The Balaban J connectivity index is 1.37. The second kappa shape index (κ2) is 8.03. The van der Waals surface area contributed by atoms with Gasteiger partial charge in [-0.15, -0.1) is 15.3 Å². The first kappa shape index (κ1) is 19.1. The van der Waals surface area contributed by atoms with E-state index in [9.17, 15) is 4.79 Å². The number of amides is 1. The van der Waals surface area contributed by atoms with Crippen LogP contribution in [-0.2, 0) is 4.79 Å². The molecule has 4 heterocycles. The van der Waals surface area contributed by atoms with Crippen LogP contribution in [0.15, 0.2) is 12.1 Å². The maximum atomic E-state index is 11.7. The lowest BCUT2D eigenvalue weighted by atomic mass is 9.93. The molecule has 1 atom stereocenters. The Morgan fingerprint density at radius 3 is 2.64 bits per heavy atom. The molecule has 2 aromatic heterocycles. The van der Waals surface area contributed by atoms with Gasteiger partial charge in [-0.25, -0.2) is 0 Å². The summed E-state index contributed by atoms with van der Waals surface area (Å²) in [4.78, 5) is 18.2. The molecule has 8 heteroatoms. The molecule has 2 fully saturated rings. The molecule has 0 saturated carbocycles. The highest BCUT2D eigenvalue weighted by atomic mass is 16.2. The third kappa shape index (κ3) is 3.97. The van der Waals surface area contributed by atoms with Crippen LogP contribution in [0.3, 0.4) is 0 Å². The monoisotopic (exact) mass is 385 g/mol. The van der Waals surface area contributed by atoms with Crippen LogP contribution < -0.4 is 4.90 Å². The van der Waals surface area contributed by atoms with Crippen molar-refractivity contribution in [2.24, 2.45) is 5.92 Å². The summed E-state index contributed by atoms with van der Waals surface area (Å²) in [5, 5.41) is 13.5. The fourth-order valence-corrected chi connectivity index (χ4v) is 4.53. The summed E-state index contributed by atoms with van der Waals surface area (Å²) in [5.41, 5.74) is 0.814. The van der Waals surface area contributed by atoms with E-state index in [0.29, 0.717) is 11.8 Å². The third-order valence-corrected chi connectivity index (χ3v) is 6.16. The van der Waals surface area contributed by atoms with Gasteiger partial charge in [-0.05, 0) is 56.8 Å². The van der Waals surface area contributed by atoms with Crippen molar-refractivity contribution in [3.8, 4) is 0 Å². The Morgan fingerprint density at radius 2 is 1.93 bits per heavy atom. The van der Waals surface area contributed by atoms with Crippen molar-refractivity contribution in [2.75, 3.05) is 51.7 Å². The van der Waals surface area contributed by atoms with E-state index in [1.165, 1.54) is 6.42 Å². The molecule has 0 aliphatic carbocycles. The fourth-order valence-electron chi connectivity index (χ4n) is 4.53. The SMILES string of the molecule is CC(=O)N1CCCC(CN2CCC(c3nnc4ccc(N(C)C)nn34)CC2)C1. The van der Waals surface area contributed by atoms with Gasteiger partial charge in [0.2, 0.25) is 5.91 Å². The van der Waals surface area contributed by atoms with Crippen LogP contribution in [0.25, 0.3) is 5.65 Å². The minimum atomic E-state index is 0.215. The second-order valence-electron chi connectivity index (χ2n) is 8.46. The highest BCUT2D eigenvalue weighted by Gasteiger charge is 2.28. The van der Waals surface area contributed by atoms with E-state index in [1.807, 2.05) is 40.5 Å². The molecule has 2 aromatic rings. The molecule has 2 aliphatic heterocycles. The van der Waals surface area contributed by atoms with Gasteiger partial charge in [-0.1, -0.05) is 0 Å². The van der Waals surface area contributed by atoms with E-state index in [2.05, 4.69) is 15.1 Å². The summed E-state index contributed by atoms with van der Waals surface area (Å²) in [6.45, 7) is 6.77. The van der Waals surface area contributed by atoms with Gasteiger partial charge in [0.05, 0.1) is 0 Å². The van der Waals surface area contributed by atoms with E-state index >= 15 is 0 Å². The van der Waals surface area contributed by atoms with Gasteiger partial charge >= 0.3 is 0 Å². The summed E-state index contributed by atoms with van der Waals surface area (Å²) in [6, 6.07) is 3.96. The number of likely N-dealkylation sites (tertiary alicyclic amines) is 2. The summed E-state index contributed by atoms with van der Waals surface area (Å²) in [5.74, 6) is 3.12. The van der Waals surface area contributed by atoms with Crippen LogP contribution >= 0.6 is 0 Å². The molecule has 0 spiro atoms. The Kier molecular flexibility index (Phi) is 5.48. The van der Waals surface area contributed by atoms with Crippen LogP contribution in [0.5, 0.6) is 0 Å². The second-order valence-corrected chi connectivity index (χ2v) is 8.46. The number of piperidine rings is 2. The average Bonchev–Trinajstić information content (AvgIpc) is 3.12. The maximum Gasteiger partial charge on any atom is 0.219 e. The number of hydrogen-bond acceptors (Lipinski definition) is 6. The maximum absolute atomic E-state index is 11.7. The zero-order chi connectivity index (χ0) is 19.7. The van der Waals surface area contributed by atoms with Crippen molar-refractivity contribution in [1.82, 2.24) is 29.6 Å². The molecule has 8 nitrogen and oxygen atoms in total. The van der Waals surface area contributed by atoms with Gasteiger partial charge in [-0.2, -0.15) is 4.52 Å². The van der Waals surface area contributed by atoms with E-state index in [0.717, 1.165) is 69.3 Å². The first-order valence-corrected chi connectivity index (χ1v) is 10.4. The normalized spacial score (nSPS) is 22.0. The zero-order valence-corrected chi connectivity index (χ0v) is 17.2. The Labute approximate surface area is 166 Å². The van der Waals surface area contributed by atoms with Crippen LogP contribution in [0.4, 0.5) is 5.82 Å². The standard InChI is InChI=1S/C20H31N7O/c1-15(28)26-10-4-5-16(14-26)13-25-11-8-17(9-12-25)20-22-21-18-6-7-19(24(2)3)23-27(18)20/h6-7,16-17H,4-5,8-14H2,1-3H3. The van der Waals surface area contributed by atoms with Crippen molar-refractivity contribution in [2.45, 2.75) is 38.5 Å². The van der Waals surface area contributed by atoms with Crippen molar-refractivity contribution < 1.29 is 4.79 Å². The largest absolute Gasteiger partial charge is 0.361 e. The predicted molar refractivity (Wildman–Crippen MR) is 109 cm³/mol. The molecule has 0 aromatic carbocycles. The number of anilines is 1. The smallest absolute Gasteiger partial charge is 0.219 e. The van der Waals surface area contributed by atoms with Gasteiger partial charge in [0.15, 0.2) is 11.5 Å².